The number of β-amino-alcohol motifs (C(OH)–C–C–N with tert-alkyl or cyclic N) is 1. The summed E-state index contributed by atoms with van der Waals surface area (Å²) in [6.45, 7) is 4.34. The summed E-state index contributed by atoms with van der Waals surface area (Å²) in [6, 6.07) is 0. The first-order chi connectivity index (χ1) is 8.48. The second-order valence-corrected chi connectivity index (χ2v) is 5.03. The van der Waals surface area contributed by atoms with Gasteiger partial charge in [0.2, 0.25) is 0 Å². The fourth-order valence-electron chi connectivity index (χ4n) is 2.06. The van der Waals surface area contributed by atoms with Crippen molar-refractivity contribution < 1.29 is 19.7 Å². The third kappa shape index (κ3) is 4.53. The molecule has 1 fully saturated rings. The van der Waals surface area contributed by atoms with E-state index < -0.39 is 17.6 Å². The van der Waals surface area contributed by atoms with Crippen LogP contribution in [0.15, 0.2) is 0 Å². The Balaban J connectivity index is 2.22. The van der Waals surface area contributed by atoms with Crippen molar-refractivity contribution in [3.05, 3.63) is 0 Å². The van der Waals surface area contributed by atoms with Gasteiger partial charge >= 0.3 is 5.97 Å². The first kappa shape index (κ1) is 15.4. The Hall–Kier alpha value is -0.690. The fraction of sp³-hybridized carbons (Fsp3) is 0.917. The molecule has 1 saturated heterocycles. The molecule has 1 aliphatic heterocycles. The zero-order chi connectivity index (χ0) is 13.6. The Morgan fingerprint density at radius 2 is 2.33 bits per heavy atom. The highest BCUT2D eigenvalue weighted by Crippen LogP contribution is 2.19. The molecule has 1 heterocycles. The minimum atomic E-state index is -1.16. The number of hydrogen-bond acceptors (Lipinski definition) is 5. The van der Waals surface area contributed by atoms with Crippen LogP contribution in [0, 0.1) is 0 Å². The minimum Gasteiger partial charge on any atom is -0.480 e. The smallest absolute Gasteiger partial charge is 0.325 e. The van der Waals surface area contributed by atoms with Crippen molar-refractivity contribution >= 4 is 5.97 Å². The maximum absolute atomic E-state index is 11.0. The largest absolute Gasteiger partial charge is 0.480 e. The van der Waals surface area contributed by atoms with Crippen LogP contribution in [-0.2, 0) is 9.53 Å². The molecule has 0 saturated carbocycles. The summed E-state index contributed by atoms with van der Waals surface area (Å²) in [7, 11) is 0. The second-order valence-electron chi connectivity index (χ2n) is 5.03. The first-order valence-electron chi connectivity index (χ1n) is 6.48. The lowest BCUT2D eigenvalue weighted by Gasteiger charge is -2.22. The summed E-state index contributed by atoms with van der Waals surface area (Å²) < 4.78 is 5.32. The number of ether oxygens (including phenoxy) is 1. The molecule has 0 aromatic rings. The molecule has 106 valence electrons. The number of carboxylic acid groups (broad SMARTS) is 1. The number of aliphatic hydroxyl groups is 1. The SMILES string of the molecule is CCCCOCC(O)CN1CCC(N)(C(=O)O)C1. The zero-order valence-corrected chi connectivity index (χ0v) is 11.0. The summed E-state index contributed by atoms with van der Waals surface area (Å²) in [6.07, 6.45) is 1.89. The lowest BCUT2D eigenvalue weighted by atomic mass is 10.0. The standard InChI is InChI=1S/C12H24N2O4/c1-2-3-6-18-8-10(15)7-14-5-4-12(13,9-14)11(16)17/h10,15H,2-9,13H2,1H3,(H,16,17). The van der Waals surface area contributed by atoms with Crippen LogP contribution in [0.2, 0.25) is 0 Å². The topological polar surface area (TPSA) is 96.0 Å². The van der Waals surface area contributed by atoms with E-state index in [1.54, 1.807) is 0 Å². The van der Waals surface area contributed by atoms with Crippen molar-refractivity contribution in [1.82, 2.24) is 4.90 Å². The monoisotopic (exact) mass is 260 g/mol. The van der Waals surface area contributed by atoms with Gasteiger partial charge in [0, 0.05) is 26.2 Å². The van der Waals surface area contributed by atoms with Crippen molar-refractivity contribution in [2.45, 2.75) is 37.8 Å². The number of aliphatic carboxylic acids is 1. The second kappa shape index (κ2) is 7.04. The number of hydrogen-bond donors (Lipinski definition) is 3. The molecule has 6 heteroatoms. The van der Waals surface area contributed by atoms with E-state index in [2.05, 4.69) is 6.92 Å². The molecule has 6 nitrogen and oxygen atoms in total. The minimum absolute atomic E-state index is 0.286. The number of carbonyl (C=O) groups is 1. The zero-order valence-electron chi connectivity index (χ0n) is 11.0. The lowest BCUT2D eigenvalue weighted by molar-refractivity contribution is -0.142. The average Bonchev–Trinajstić information content (AvgIpc) is 2.68. The van der Waals surface area contributed by atoms with Gasteiger partial charge in [0.05, 0.1) is 12.7 Å². The molecule has 2 unspecified atom stereocenters. The van der Waals surface area contributed by atoms with Gasteiger partial charge in [0.15, 0.2) is 0 Å². The highest BCUT2D eigenvalue weighted by atomic mass is 16.5. The molecule has 18 heavy (non-hydrogen) atoms. The number of carboxylic acids is 1. The predicted octanol–water partition coefficient (Wildman–Crippen LogP) is -0.348. The van der Waals surface area contributed by atoms with Crippen LogP contribution in [0.1, 0.15) is 26.2 Å². The molecule has 0 amide bonds. The first-order valence-corrected chi connectivity index (χ1v) is 6.48. The Bertz CT molecular complexity index is 275. The Kier molecular flexibility index (Phi) is 6.01. The summed E-state index contributed by atoms with van der Waals surface area (Å²) in [5, 5.41) is 18.7. The number of unbranched alkanes of at least 4 members (excludes halogenated alkanes) is 1. The van der Waals surface area contributed by atoms with E-state index in [9.17, 15) is 9.90 Å². The molecule has 1 aliphatic rings. The summed E-state index contributed by atoms with van der Waals surface area (Å²) in [5.74, 6) is -0.973. The molecular weight excluding hydrogens is 236 g/mol. The normalized spacial score (nSPS) is 26.4. The highest BCUT2D eigenvalue weighted by Gasteiger charge is 2.41. The Morgan fingerprint density at radius 1 is 1.61 bits per heavy atom. The molecule has 0 bridgehead atoms. The number of aliphatic hydroxyl groups excluding tert-OH is 1. The van der Waals surface area contributed by atoms with Crippen LogP contribution in [0.4, 0.5) is 0 Å². The van der Waals surface area contributed by atoms with Gasteiger partial charge in [-0.1, -0.05) is 13.3 Å². The Morgan fingerprint density at radius 3 is 2.89 bits per heavy atom. The van der Waals surface area contributed by atoms with E-state index in [4.69, 9.17) is 15.6 Å². The number of nitrogens with zero attached hydrogens (tertiary/aromatic N) is 1. The van der Waals surface area contributed by atoms with Gasteiger partial charge < -0.3 is 20.7 Å². The maximum Gasteiger partial charge on any atom is 0.325 e. The lowest BCUT2D eigenvalue weighted by Crippen LogP contribution is -2.50. The van der Waals surface area contributed by atoms with Gasteiger partial charge in [0.1, 0.15) is 5.54 Å². The number of likely N-dealkylation sites (tertiary alicyclic amines) is 1. The van der Waals surface area contributed by atoms with E-state index in [0.717, 1.165) is 12.8 Å². The molecule has 0 radical (unpaired) electrons. The fourth-order valence-corrected chi connectivity index (χ4v) is 2.06. The van der Waals surface area contributed by atoms with Crippen LogP contribution in [0.5, 0.6) is 0 Å². The van der Waals surface area contributed by atoms with E-state index in [1.807, 2.05) is 4.90 Å². The summed E-state index contributed by atoms with van der Waals surface area (Å²) >= 11 is 0. The molecule has 0 aromatic carbocycles. The van der Waals surface area contributed by atoms with Crippen molar-refractivity contribution in [3.8, 4) is 0 Å². The average molecular weight is 260 g/mol. The van der Waals surface area contributed by atoms with Crippen LogP contribution < -0.4 is 5.73 Å². The van der Waals surface area contributed by atoms with Crippen molar-refractivity contribution in [3.63, 3.8) is 0 Å². The van der Waals surface area contributed by atoms with Crippen molar-refractivity contribution in [2.75, 3.05) is 32.8 Å². The van der Waals surface area contributed by atoms with Crippen LogP contribution in [0.25, 0.3) is 0 Å². The van der Waals surface area contributed by atoms with Crippen molar-refractivity contribution in [2.24, 2.45) is 5.73 Å². The van der Waals surface area contributed by atoms with Gasteiger partial charge in [-0.05, 0) is 12.8 Å². The van der Waals surface area contributed by atoms with Crippen LogP contribution >= 0.6 is 0 Å². The highest BCUT2D eigenvalue weighted by molar-refractivity contribution is 5.79. The molecule has 0 aromatic heterocycles. The van der Waals surface area contributed by atoms with Gasteiger partial charge in [-0.25, -0.2) is 0 Å². The molecular formula is C12H24N2O4. The van der Waals surface area contributed by atoms with E-state index >= 15 is 0 Å². The van der Waals surface area contributed by atoms with Gasteiger partial charge in [-0.2, -0.15) is 0 Å². The predicted molar refractivity (Wildman–Crippen MR) is 67.3 cm³/mol. The van der Waals surface area contributed by atoms with Crippen LogP contribution in [0.3, 0.4) is 0 Å². The summed E-state index contributed by atoms with van der Waals surface area (Å²) in [5.41, 5.74) is 4.59. The summed E-state index contributed by atoms with van der Waals surface area (Å²) in [4.78, 5) is 12.8. The molecule has 2 atom stereocenters. The van der Waals surface area contributed by atoms with Gasteiger partial charge in [0.25, 0.3) is 0 Å². The maximum atomic E-state index is 11.0. The molecule has 4 N–H and O–H groups in total. The molecule has 1 rings (SSSR count). The molecule has 0 spiro atoms. The van der Waals surface area contributed by atoms with E-state index in [0.29, 0.717) is 32.7 Å². The molecule has 0 aliphatic carbocycles. The van der Waals surface area contributed by atoms with Crippen molar-refractivity contribution in [1.29, 1.82) is 0 Å². The Labute approximate surface area is 108 Å². The number of rotatable bonds is 8. The number of nitrogens with two attached hydrogens (primary N) is 1. The van der Waals surface area contributed by atoms with Gasteiger partial charge in [-0.3, -0.25) is 9.69 Å². The third-order valence-corrected chi connectivity index (χ3v) is 3.23. The van der Waals surface area contributed by atoms with Gasteiger partial charge in [-0.15, -0.1) is 0 Å². The third-order valence-electron chi connectivity index (χ3n) is 3.23. The van der Waals surface area contributed by atoms with E-state index in [-0.39, 0.29) is 6.54 Å². The van der Waals surface area contributed by atoms with Crippen LogP contribution in [-0.4, -0.2) is 65.6 Å². The van der Waals surface area contributed by atoms with E-state index in [1.165, 1.54) is 0 Å². The quantitative estimate of drug-likeness (QED) is 0.516.